The smallest absolute Gasteiger partial charge is 0.237 e. The van der Waals surface area contributed by atoms with Crippen LogP contribution in [-0.2, 0) is 9.59 Å². The van der Waals surface area contributed by atoms with E-state index in [1.807, 2.05) is 6.92 Å². The molecule has 1 aliphatic rings. The number of amides is 2. The molecule has 5 nitrogen and oxygen atoms in total. The summed E-state index contributed by atoms with van der Waals surface area (Å²) in [6.07, 6.45) is 2.98. The molecule has 2 amide bonds. The average Bonchev–Trinajstić information content (AvgIpc) is 2.00. The van der Waals surface area contributed by atoms with Crippen LogP contribution in [0.1, 0.15) is 32.6 Å². The fourth-order valence-corrected chi connectivity index (χ4v) is 1.53. The van der Waals surface area contributed by atoms with Gasteiger partial charge >= 0.3 is 0 Å². The zero-order chi connectivity index (χ0) is 10.8. The number of carbonyl (C=O) groups is 2. The summed E-state index contributed by atoms with van der Waals surface area (Å²) >= 11 is 0. The van der Waals surface area contributed by atoms with Crippen molar-refractivity contribution >= 4 is 11.8 Å². The Labute approximate surface area is 83.2 Å². The Morgan fingerprint density at radius 2 is 2.07 bits per heavy atom. The predicted octanol–water partition coefficient (Wildman–Crippen LogP) is -0.752. The van der Waals surface area contributed by atoms with Crippen LogP contribution in [-0.4, -0.2) is 23.4 Å². The van der Waals surface area contributed by atoms with Gasteiger partial charge in [0.2, 0.25) is 11.8 Å². The number of nitrogens with one attached hydrogen (secondary N) is 1. The van der Waals surface area contributed by atoms with Crippen molar-refractivity contribution < 1.29 is 9.59 Å². The van der Waals surface area contributed by atoms with Crippen molar-refractivity contribution in [2.45, 2.75) is 44.2 Å². The molecular weight excluding hydrogens is 182 g/mol. The van der Waals surface area contributed by atoms with Gasteiger partial charge in [-0.05, 0) is 26.2 Å². The number of nitrogens with two attached hydrogens (primary N) is 2. The molecule has 14 heavy (non-hydrogen) atoms. The number of rotatable bonds is 4. The van der Waals surface area contributed by atoms with Crippen LogP contribution in [0.4, 0.5) is 0 Å². The van der Waals surface area contributed by atoms with Crippen LogP contribution in [0.25, 0.3) is 0 Å². The van der Waals surface area contributed by atoms with E-state index in [0.29, 0.717) is 0 Å². The normalized spacial score (nSPS) is 20.7. The molecule has 80 valence electrons. The number of hydrogen-bond acceptors (Lipinski definition) is 3. The fraction of sp³-hybridized carbons (Fsp3) is 0.778. The molecule has 0 saturated heterocycles. The Morgan fingerprint density at radius 1 is 1.50 bits per heavy atom. The largest absolute Gasteiger partial charge is 0.370 e. The summed E-state index contributed by atoms with van der Waals surface area (Å²) in [5, 5.41) is 2.83. The first-order valence-corrected chi connectivity index (χ1v) is 4.79. The Bertz CT molecular complexity index is 248. The molecule has 1 rings (SSSR count). The van der Waals surface area contributed by atoms with E-state index < -0.39 is 11.9 Å². The summed E-state index contributed by atoms with van der Waals surface area (Å²) in [6.45, 7) is 1.98. The highest BCUT2D eigenvalue weighted by atomic mass is 16.2. The van der Waals surface area contributed by atoms with Gasteiger partial charge in [-0.25, -0.2) is 0 Å². The van der Waals surface area contributed by atoms with Gasteiger partial charge in [0.25, 0.3) is 0 Å². The van der Waals surface area contributed by atoms with Gasteiger partial charge in [-0.1, -0.05) is 0 Å². The minimum absolute atomic E-state index is 0.0953. The molecule has 1 aliphatic carbocycles. The van der Waals surface area contributed by atoms with E-state index in [4.69, 9.17) is 11.5 Å². The van der Waals surface area contributed by atoms with Crippen LogP contribution in [0.15, 0.2) is 0 Å². The second kappa shape index (κ2) is 3.96. The monoisotopic (exact) mass is 199 g/mol. The molecule has 0 radical (unpaired) electrons. The zero-order valence-electron chi connectivity index (χ0n) is 8.38. The van der Waals surface area contributed by atoms with Gasteiger partial charge in [-0.15, -0.1) is 0 Å². The molecule has 0 aromatic carbocycles. The van der Waals surface area contributed by atoms with E-state index in [1.54, 1.807) is 0 Å². The lowest BCUT2D eigenvalue weighted by Gasteiger charge is -2.39. The lowest BCUT2D eigenvalue weighted by molar-refractivity contribution is -0.128. The van der Waals surface area contributed by atoms with Gasteiger partial charge in [0.05, 0.1) is 12.5 Å². The SMILES string of the molecule is CC1(NC(=O)C(N)CC(N)=O)CCC1. The standard InChI is InChI=1S/C9H17N3O2/c1-9(3-2-4-9)12-8(14)6(10)5-7(11)13/h6H,2-5,10H2,1H3,(H2,11,13)(H,12,14). The van der Waals surface area contributed by atoms with Crippen molar-refractivity contribution in [3.05, 3.63) is 0 Å². The Kier molecular flexibility index (Phi) is 3.10. The summed E-state index contributed by atoms with van der Waals surface area (Å²) in [5.41, 5.74) is 10.3. The summed E-state index contributed by atoms with van der Waals surface area (Å²) in [4.78, 5) is 22.0. The third-order valence-corrected chi connectivity index (χ3v) is 2.64. The van der Waals surface area contributed by atoms with Crippen molar-refractivity contribution in [2.24, 2.45) is 11.5 Å². The first kappa shape index (κ1) is 11.0. The van der Waals surface area contributed by atoms with Crippen LogP contribution in [0.3, 0.4) is 0 Å². The zero-order valence-corrected chi connectivity index (χ0v) is 8.38. The van der Waals surface area contributed by atoms with Crippen molar-refractivity contribution in [1.29, 1.82) is 0 Å². The fourth-order valence-electron chi connectivity index (χ4n) is 1.53. The van der Waals surface area contributed by atoms with Gasteiger partial charge < -0.3 is 16.8 Å². The van der Waals surface area contributed by atoms with E-state index in [9.17, 15) is 9.59 Å². The van der Waals surface area contributed by atoms with E-state index >= 15 is 0 Å². The number of carbonyl (C=O) groups excluding carboxylic acids is 2. The maximum absolute atomic E-state index is 11.4. The predicted molar refractivity (Wildman–Crippen MR) is 52.2 cm³/mol. The second-order valence-electron chi connectivity index (χ2n) is 4.18. The first-order chi connectivity index (χ1) is 6.43. The molecule has 1 saturated carbocycles. The Hall–Kier alpha value is -1.10. The molecule has 0 bridgehead atoms. The molecule has 1 fully saturated rings. The van der Waals surface area contributed by atoms with Crippen LogP contribution < -0.4 is 16.8 Å². The van der Waals surface area contributed by atoms with Gasteiger partial charge in [0.15, 0.2) is 0 Å². The highest BCUT2D eigenvalue weighted by molar-refractivity contribution is 5.87. The van der Waals surface area contributed by atoms with Gasteiger partial charge in [0.1, 0.15) is 0 Å². The maximum atomic E-state index is 11.4. The van der Waals surface area contributed by atoms with Crippen molar-refractivity contribution in [3.8, 4) is 0 Å². The molecule has 0 spiro atoms. The molecule has 5 N–H and O–H groups in total. The highest BCUT2D eigenvalue weighted by Gasteiger charge is 2.34. The Morgan fingerprint density at radius 3 is 2.43 bits per heavy atom. The summed E-state index contributed by atoms with van der Waals surface area (Å²) in [6, 6.07) is -0.815. The minimum atomic E-state index is -0.815. The van der Waals surface area contributed by atoms with Crippen molar-refractivity contribution in [2.75, 3.05) is 0 Å². The lowest BCUT2D eigenvalue weighted by atomic mass is 9.78. The molecule has 0 heterocycles. The third kappa shape index (κ3) is 2.70. The van der Waals surface area contributed by atoms with Crippen LogP contribution >= 0.6 is 0 Å². The van der Waals surface area contributed by atoms with E-state index in [1.165, 1.54) is 0 Å². The van der Waals surface area contributed by atoms with Gasteiger partial charge in [-0.3, -0.25) is 9.59 Å². The van der Waals surface area contributed by atoms with Gasteiger partial charge in [-0.2, -0.15) is 0 Å². The van der Waals surface area contributed by atoms with E-state index in [0.717, 1.165) is 19.3 Å². The third-order valence-electron chi connectivity index (χ3n) is 2.64. The number of primary amides is 1. The second-order valence-corrected chi connectivity index (χ2v) is 4.18. The van der Waals surface area contributed by atoms with Crippen LogP contribution in [0.5, 0.6) is 0 Å². The molecule has 0 aromatic heterocycles. The average molecular weight is 199 g/mol. The van der Waals surface area contributed by atoms with Gasteiger partial charge in [0, 0.05) is 5.54 Å². The number of hydrogen-bond donors (Lipinski definition) is 3. The van der Waals surface area contributed by atoms with Crippen LogP contribution in [0, 0.1) is 0 Å². The topological polar surface area (TPSA) is 98.2 Å². The lowest BCUT2D eigenvalue weighted by Crippen LogP contribution is -2.56. The minimum Gasteiger partial charge on any atom is -0.370 e. The maximum Gasteiger partial charge on any atom is 0.237 e. The Balaban J connectivity index is 2.37. The quantitative estimate of drug-likeness (QED) is 0.555. The molecule has 0 aliphatic heterocycles. The molecule has 5 heteroatoms. The summed E-state index contributed by atoms with van der Waals surface area (Å²) in [7, 11) is 0. The molecular formula is C9H17N3O2. The molecule has 0 aromatic rings. The van der Waals surface area contributed by atoms with E-state index in [-0.39, 0.29) is 17.9 Å². The van der Waals surface area contributed by atoms with Crippen molar-refractivity contribution in [1.82, 2.24) is 5.32 Å². The van der Waals surface area contributed by atoms with Crippen LogP contribution in [0.2, 0.25) is 0 Å². The summed E-state index contributed by atoms with van der Waals surface area (Å²) in [5.74, 6) is -0.836. The van der Waals surface area contributed by atoms with Crippen molar-refractivity contribution in [3.63, 3.8) is 0 Å². The highest BCUT2D eigenvalue weighted by Crippen LogP contribution is 2.30. The first-order valence-electron chi connectivity index (χ1n) is 4.79. The van der Waals surface area contributed by atoms with E-state index in [2.05, 4.69) is 5.32 Å². The summed E-state index contributed by atoms with van der Waals surface area (Å²) < 4.78 is 0. The molecule has 1 unspecified atom stereocenters. The molecule has 1 atom stereocenters.